The number of quaternary nitrogens is 2. The molecule has 4 bridgehead atoms. The van der Waals surface area contributed by atoms with Gasteiger partial charge in [0.1, 0.15) is 37.6 Å². The number of piperidine rings is 2. The third-order valence-corrected chi connectivity index (χ3v) is 17.5. The van der Waals surface area contributed by atoms with Crippen molar-refractivity contribution in [3.8, 4) is 0 Å². The minimum atomic E-state index is 0. The molecule has 0 amide bonds. The van der Waals surface area contributed by atoms with Crippen LogP contribution in [0, 0.1) is 23.7 Å². The summed E-state index contributed by atoms with van der Waals surface area (Å²) in [5, 5.41) is 0. The van der Waals surface area contributed by atoms with Gasteiger partial charge in [0.05, 0.1) is 62.3 Å². The first-order valence-electron chi connectivity index (χ1n) is 19.9. The number of ether oxygens (including phenoxy) is 2. The molecule has 52 heavy (non-hydrogen) atoms. The number of fused-ring (bicyclic) bond motifs is 6. The number of rotatable bonds is 4. The smallest absolute Gasteiger partial charge is 0.136 e. The summed E-state index contributed by atoms with van der Waals surface area (Å²) in [6.07, 6.45) is 14.7. The first kappa shape index (κ1) is 33.2. The molecule has 14 atom stereocenters. The van der Waals surface area contributed by atoms with Crippen LogP contribution >= 0.6 is 0 Å². The highest BCUT2D eigenvalue weighted by atomic mass is 79.9. The Balaban J connectivity index is 0.00000160. The van der Waals surface area contributed by atoms with Gasteiger partial charge in [-0.2, -0.15) is 0 Å². The molecular formula is C44H50Br2N4O2. The van der Waals surface area contributed by atoms with Crippen molar-refractivity contribution in [1.82, 2.24) is 0 Å². The summed E-state index contributed by atoms with van der Waals surface area (Å²) in [6.45, 7) is 17.1. The first-order valence-corrected chi connectivity index (χ1v) is 19.9. The molecule has 0 aromatic heterocycles. The van der Waals surface area contributed by atoms with Crippen LogP contribution in [0.3, 0.4) is 0 Å². The van der Waals surface area contributed by atoms with E-state index in [2.05, 4.69) is 95.8 Å². The zero-order valence-electron chi connectivity index (χ0n) is 30.0. The summed E-state index contributed by atoms with van der Waals surface area (Å²) in [4.78, 5) is 5.95. The average molecular weight is 827 g/mol. The Morgan fingerprint density at radius 1 is 0.673 bits per heavy atom. The van der Waals surface area contributed by atoms with Crippen LogP contribution in [0.15, 0.2) is 97.1 Å². The van der Waals surface area contributed by atoms with Gasteiger partial charge in [0, 0.05) is 60.7 Å². The second kappa shape index (κ2) is 10.8. The standard InChI is InChI=1S/C44H50N4O2.2BrH/c1-3-17-47-19-15-43-31-9-5-7-11-33(31)45-39(43)37-29(23-35(43)47)27(25-47)13-21-49-41(37)46-34-12-8-6-10-32(34)44-16-20-48(18-4-2)26-28-14-22-50-42(45)38(40(44)46)30(28)24-36(44)48;;/h3-14,29-30,35-42H,1-2,15-26H2;2*1H/q+2;;/p-2/t29-,30-,35-,36-,37+,38+,39-,40-,41+,42+,43+,44+,47-,48-;;/m0../s1. The summed E-state index contributed by atoms with van der Waals surface area (Å²) in [7, 11) is 0. The van der Waals surface area contributed by atoms with Crippen LogP contribution in [0.5, 0.6) is 0 Å². The average Bonchev–Trinajstić information content (AvgIpc) is 3.75. The predicted octanol–water partition coefficient (Wildman–Crippen LogP) is -0.324. The number of hydrogen-bond donors (Lipinski definition) is 0. The van der Waals surface area contributed by atoms with Crippen molar-refractivity contribution in [2.24, 2.45) is 23.7 Å². The predicted molar refractivity (Wildman–Crippen MR) is 195 cm³/mol. The van der Waals surface area contributed by atoms with E-state index < -0.39 is 0 Å². The minimum Gasteiger partial charge on any atom is -1.00 e. The van der Waals surface area contributed by atoms with Gasteiger partial charge in [0.25, 0.3) is 0 Å². The Morgan fingerprint density at radius 2 is 1.12 bits per heavy atom. The quantitative estimate of drug-likeness (QED) is 0.312. The van der Waals surface area contributed by atoms with Crippen molar-refractivity contribution >= 4 is 11.4 Å². The van der Waals surface area contributed by atoms with Gasteiger partial charge in [0.2, 0.25) is 0 Å². The molecule has 6 nitrogen and oxygen atoms in total. The molecule has 2 saturated carbocycles. The molecule has 2 aromatic carbocycles. The van der Waals surface area contributed by atoms with E-state index >= 15 is 0 Å². The van der Waals surface area contributed by atoms with Crippen LogP contribution in [0.4, 0.5) is 11.4 Å². The fourth-order valence-corrected chi connectivity index (χ4v) is 16.4. The lowest BCUT2D eigenvalue weighted by Gasteiger charge is -2.65. The van der Waals surface area contributed by atoms with Crippen LogP contribution in [0.2, 0.25) is 0 Å². The van der Waals surface area contributed by atoms with E-state index in [-0.39, 0.29) is 57.2 Å². The van der Waals surface area contributed by atoms with Crippen molar-refractivity contribution in [1.29, 1.82) is 0 Å². The molecule has 2 aromatic rings. The van der Waals surface area contributed by atoms with Gasteiger partial charge in [-0.15, -0.1) is 0 Å². The second-order valence-electron chi connectivity index (χ2n) is 18.3. The van der Waals surface area contributed by atoms with Crippen LogP contribution in [-0.2, 0) is 20.3 Å². The number of anilines is 2. The van der Waals surface area contributed by atoms with Gasteiger partial charge in [-0.1, -0.05) is 61.7 Å². The maximum Gasteiger partial charge on any atom is 0.136 e. The Hall–Kier alpha value is -2.20. The van der Waals surface area contributed by atoms with Gasteiger partial charge < -0.3 is 62.2 Å². The molecule has 11 aliphatic rings. The van der Waals surface area contributed by atoms with Crippen LogP contribution in [0.1, 0.15) is 36.8 Å². The SMILES string of the molecule is C=CC[N@+]12CC[C@@]34c5ccccc5N5[C@@H]6OCC=C7C[N@+]8(CC=C)CC[C@]9%10c%11ccccc%11N([C@@H]%11OCC=C(C1)[C@H](C[C@@H]32)[C@@H]%11[C@H]54)[C@H]9[C@H]6[C@H]7C[C@@H]%108.[Br-].[Br-]. The van der Waals surface area contributed by atoms with E-state index in [4.69, 9.17) is 9.47 Å². The summed E-state index contributed by atoms with van der Waals surface area (Å²) >= 11 is 0. The molecule has 0 N–H and O–H groups in total. The normalized spacial score (nSPS) is 47.9. The van der Waals surface area contributed by atoms with Gasteiger partial charge >= 0.3 is 0 Å². The Morgan fingerprint density at radius 3 is 1.56 bits per heavy atom. The van der Waals surface area contributed by atoms with Gasteiger partial charge in [0.15, 0.2) is 0 Å². The monoisotopic (exact) mass is 824 g/mol. The van der Waals surface area contributed by atoms with Gasteiger partial charge in [-0.05, 0) is 46.6 Å². The third kappa shape index (κ3) is 3.39. The van der Waals surface area contributed by atoms with Crippen LogP contribution < -0.4 is 43.8 Å². The Kier molecular flexibility index (Phi) is 6.86. The lowest BCUT2D eigenvalue weighted by molar-refractivity contribution is -0.938. The molecule has 9 aliphatic heterocycles. The summed E-state index contributed by atoms with van der Waals surface area (Å²) in [5.74, 6) is 1.79. The number of halogens is 2. The molecule has 0 radical (unpaired) electrons. The Labute approximate surface area is 329 Å². The number of para-hydroxylation sites is 2. The lowest BCUT2D eigenvalue weighted by Crippen LogP contribution is -3.00. The molecule has 272 valence electrons. The molecule has 5 saturated heterocycles. The highest BCUT2D eigenvalue weighted by molar-refractivity contribution is 5.72. The van der Waals surface area contributed by atoms with Gasteiger partial charge in [-0.25, -0.2) is 0 Å². The van der Waals surface area contributed by atoms with E-state index in [9.17, 15) is 0 Å². The lowest BCUT2D eigenvalue weighted by atomic mass is 9.52. The first-order chi connectivity index (χ1) is 24.6. The molecule has 7 fully saturated rings. The third-order valence-electron chi connectivity index (χ3n) is 17.5. The summed E-state index contributed by atoms with van der Waals surface area (Å²) in [5.41, 5.74) is 9.71. The zero-order valence-corrected chi connectivity index (χ0v) is 33.1. The summed E-state index contributed by atoms with van der Waals surface area (Å²) < 4.78 is 17.4. The van der Waals surface area contributed by atoms with Crippen molar-refractivity contribution in [2.75, 3.05) is 62.3 Å². The second-order valence-corrected chi connectivity index (χ2v) is 18.3. The molecule has 9 heterocycles. The molecule has 13 rings (SSSR count). The fraction of sp³-hybridized carbons (Fsp3) is 0.545. The van der Waals surface area contributed by atoms with Crippen LogP contribution in [0.25, 0.3) is 0 Å². The zero-order chi connectivity index (χ0) is 32.8. The van der Waals surface area contributed by atoms with E-state index in [0.29, 0.717) is 47.8 Å². The molecule has 2 spiro atoms. The van der Waals surface area contributed by atoms with Crippen molar-refractivity contribution < 1.29 is 52.4 Å². The highest BCUT2D eigenvalue weighted by Gasteiger charge is 2.80. The Bertz CT molecular complexity index is 1840. The number of nitrogens with zero attached hydrogens (tertiary/aromatic N) is 4. The van der Waals surface area contributed by atoms with Crippen molar-refractivity contribution in [2.45, 2.75) is 73.1 Å². The number of hydrogen-bond acceptors (Lipinski definition) is 4. The maximum atomic E-state index is 7.51. The highest BCUT2D eigenvalue weighted by Crippen LogP contribution is 2.72. The van der Waals surface area contributed by atoms with Gasteiger partial charge in [-0.3, -0.25) is 0 Å². The number of benzene rings is 2. The fourth-order valence-electron chi connectivity index (χ4n) is 16.4. The van der Waals surface area contributed by atoms with E-state index in [1.807, 2.05) is 0 Å². The van der Waals surface area contributed by atoms with Crippen molar-refractivity contribution in [3.63, 3.8) is 0 Å². The van der Waals surface area contributed by atoms with Crippen LogP contribution in [-0.4, -0.2) is 98.1 Å². The molecular weight excluding hydrogens is 776 g/mol. The molecule has 2 aliphatic carbocycles. The molecule has 8 heteroatoms. The topological polar surface area (TPSA) is 24.9 Å². The summed E-state index contributed by atoms with van der Waals surface area (Å²) in [6, 6.07) is 21.3. The van der Waals surface area contributed by atoms with E-state index in [1.165, 1.54) is 59.1 Å². The molecule has 0 unspecified atom stereocenters. The van der Waals surface area contributed by atoms with E-state index in [1.54, 1.807) is 22.3 Å². The minimum absolute atomic E-state index is 0. The maximum absolute atomic E-state index is 7.51. The van der Waals surface area contributed by atoms with Crippen molar-refractivity contribution in [3.05, 3.63) is 108 Å². The van der Waals surface area contributed by atoms with E-state index in [0.717, 1.165) is 39.4 Å². The largest absolute Gasteiger partial charge is 1.00 e.